The second kappa shape index (κ2) is 7.14. The van der Waals surface area contributed by atoms with Crippen LogP contribution in [-0.4, -0.2) is 0 Å². The Bertz CT molecular complexity index is 740. The Morgan fingerprint density at radius 1 is 1.26 bits per heavy atom. The predicted octanol–water partition coefficient (Wildman–Crippen LogP) is 4.29. The highest BCUT2D eigenvalue weighted by Gasteiger charge is 2.24. The molecule has 0 spiro atoms. The van der Waals surface area contributed by atoms with Gasteiger partial charge in [-0.25, -0.2) is 4.98 Å². The summed E-state index contributed by atoms with van der Waals surface area (Å²) in [5.41, 5.74) is 10.4. The Morgan fingerprint density at radius 2 is 2.09 bits per heavy atom. The van der Waals surface area contributed by atoms with Crippen LogP contribution < -0.4 is 10.7 Å². The molecule has 1 aliphatic rings. The number of nitrogens with zero attached hydrogens (tertiary/aromatic N) is 1. The summed E-state index contributed by atoms with van der Waals surface area (Å²) in [4.78, 5) is 5.90. The summed E-state index contributed by atoms with van der Waals surface area (Å²) in [7, 11) is 0. The molecule has 23 heavy (non-hydrogen) atoms. The molecule has 0 bridgehead atoms. The average molecular weight is 326 g/mol. The minimum absolute atomic E-state index is 0.520. The Morgan fingerprint density at radius 3 is 2.87 bits per heavy atom. The van der Waals surface area contributed by atoms with E-state index in [9.17, 15) is 5.26 Å². The molecule has 0 saturated carbocycles. The SMILES string of the molecule is CCCCc1ccc(-c2c(C#N)c(N)[nH+]c3c2CCCCC3)s1. The van der Waals surface area contributed by atoms with Crippen molar-refractivity contribution in [3.8, 4) is 16.5 Å². The Kier molecular flexibility index (Phi) is 4.97. The Hall–Kier alpha value is -1.86. The zero-order valence-electron chi connectivity index (χ0n) is 13.7. The number of rotatable bonds is 4. The number of unbranched alkanes of at least 4 members (excludes halogenated alkanes) is 1. The molecule has 0 aromatic carbocycles. The molecule has 3 rings (SSSR count). The molecule has 2 heterocycles. The number of nitrogens with one attached hydrogen (secondary N) is 1. The van der Waals surface area contributed by atoms with E-state index >= 15 is 0 Å². The Labute approximate surface area is 142 Å². The molecule has 0 saturated heterocycles. The van der Waals surface area contributed by atoms with Crippen molar-refractivity contribution in [2.45, 2.75) is 58.3 Å². The van der Waals surface area contributed by atoms with Crippen molar-refractivity contribution >= 4 is 17.2 Å². The third kappa shape index (κ3) is 3.25. The number of nitriles is 1. The number of hydrogen-bond donors (Lipinski definition) is 1. The van der Waals surface area contributed by atoms with Gasteiger partial charge in [0.2, 0.25) is 0 Å². The smallest absolute Gasteiger partial charge is 0.286 e. The van der Waals surface area contributed by atoms with Crippen LogP contribution in [-0.2, 0) is 19.3 Å². The van der Waals surface area contributed by atoms with E-state index in [1.54, 1.807) is 0 Å². The first kappa shape index (κ1) is 16.0. The topological polar surface area (TPSA) is 64.0 Å². The van der Waals surface area contributed by atoms with Gasteiger partial charge in [0.05, 0.1) is 0 Å². The molecule has 0 fully saturated rings. The molecule has 3 nitrogen and oxygen atoms in total. The van der Waals surface area contributed by atoms with Crippen molar-refractivity contribution in [1.82, 2.24) is 0 Å². The third-order valence-corrected chi connectivity index (χ3v) is 5.78. The second-order valence-corrected chi connectivity index (χ2v) is 7.46. The number of anilines is 1. The van der Waals surface area contributed by atoms with Gasteiger partial charge < -0.3 is 0 Å². The summed E-state index contributed by atoms with van der Waals surface area (Å²) < 4.78 is 0. The number of nitrogen functional groups attached to an aromatic ring is 1. The van der Waals surface area contributed by atoms with Crippen molar-refractivity contribution in [3.05, 3.63) is 33.8 Å². The largest absolute Gasteiger partial charge is 0.289 e. The lowest BCUT2D eigenvalue weighted by Gasteiger charge is -2.11. The molecule has 1 aliphatic carbocycles. The maximum Gasteiger partial charge on any atom is 0.289 e. The normalized spacial score (nSPS) is 14.1. The minimum atomic E-state index is 0.520. The fourth-order valence-electron chi connectivity index (χ4n) is 3.39. The van der Waals surface area contributed by atoms with Crippen molar-refractivity contribution in [1.29, 1.82) is 5.26 Å². The number of hydrogen-bond acceptors (Lipinski definition) is 3. The van der Waals surface area contributed by atoms with Crippen LogP contribution in [0, 0.1) is 11.3 Å². The third-order valence-electron chi connectivity index (χ3n) is 4.62. The first-order chi connectivity index (χ1) is 11.2. The van der Waals surface area contributed by atoms with Gasteiger partial charge in [-0.2, -0.15) is 5.26 Å². The molecular formula is C19H24N3S+. The van der Waals surface area contributed by atoms with E-state index in [0.29, 0.717) is 11.4 Å². The number of fused-ring (bicyclic) bond motifs is 1. The summed E-state index contributed by atoms with van der Waals surface area (Å²) in [5.74, 6) is 0.520. The molecule has 0 aliphatic heterocycles. The predicted molar refractivity (Wildman–Crippen MR) is 95.3 cm³/mol. The summed E-state index contributed by atoms with van der Waals surface area (Å²) in [5, 5.41) is 9.64. The number of aromatic amines is 1. The average Bonchev–Trinajstić information content (AvgIpc) is 2.89. The molecule has 2 aromatic heterocycles. The van der Waals surface area contributed by atoms with Gasteiger partial charge >= 0.3 is 0 Å². The van der Waals surface area contributed by atoms with Gasteiger partial charge in [0, 0.05) is 27.3 Å². The van der Waals surface area contributed by atoms with Crippen molar-refractivity contribution in [2.75, 3.05) is 5.73 Å². The van der Waals surface area contributed by atoms with Crippen LogP contribution in [0.1, 0.15) is 60.7 Å². The second-order valence-electron chi connectivity index (χ2n) is 6.29. The van der Waals surface area contributed by atoms with Gasteiger partial charge in [0.25, 0.3) is 5.82 Å². The molecule has 3 N–H and O–H groups in total. The zero-order valence-corrected chi connectivity index (χ0v) is 14.6. The molecule has 2 aromatic rings. The van der Waals surface area contributed by atoms with Crippen molar-refractivity contribution < 1.29 is 4.98 Å². The van der Waals surface area contributed by atoms with Crippen LogP contribution >= 0.6 is 11.3 Å². The van der Waals surface area contributed by atoms with Crippen molar-refractivity contribution in [3.63, 3.8) is 0 Å². The van der Waals surface area contributed by atoms with E-state index in [1.807, 2.05) is 11.3 Å². The van der Waals surface area contributed by atoms with Crippen LogP contribution in [0.15, 0.2) is 12.1 Å². The molecule has 0 radical (unpaired) electrons. The monoisotopic (exact) mass is 326 g/mol. The van der Waals surface area contributed by atoms with E-state index in [1.165, 1.54) is 53.1 Å². The highest BCUT2D eigenvalue weighted by atomic mass is 32.1. The molecule has 0 atom stereocenters. The number of nitrogens with two attached hydrogens (primary N) is 1. The lowest BCUT2D eigenvalue weighted by atomic mass is 9.96. The van der Waals surface area contributed by atoms with Crippen molar-refractivity contribution in [2.24, 2.45) is 0 Å². The quantitative estimate of drug-likeness (QED) is 0.852. The summed E-state index contributed by atoms with van der Waals surface area (Å²) in [6, 6.07) is 6.73. The van der Waals surface area contributed by atoms with E-state index in [0.717, 1.165) is 24.8 Å². The minimum Gasteiger partial charge on any atom is -0.286 e. The number of aromatic nitrogens is 1. The fraction of sp³-hybridized carbons (Fsp3) is 0.474. The van der Waals surface area contributed by atoms with Gasteiger partial charge in [-0.3, -0.25) is 5.73 Å². The van der Waals surface area contributed by atoms with Gasteiger partial charge in [-0.1, -0.05) is 19.8 Å². The lowest BCUT2D eigenvalue weighted by molar-refractivity contribution is -0.373. The first-order valence-electron chi connectivity index (χ1n) is 8.60. The summed E-state index contributed by atoms with van der Waals surface area (Å²) in [6.45, 7) is 2.22. The molecule has 4 heteroatoms. The molecule has 0 unspecified atom stereocenters. The van der Waals surface area contributed by atoms with Crippen LogP contribution in [0.5, 0.6) is 0 Å². The molecule has 0 amide bonds. The van der Waals surface area contributed by atoms with Gasteiger partial charge in [0.15, 0.2) is 0 Å². The van der Waals surface area contributed by atoms with E-state index < -0.39 is 0 Å². The standard InChI is InChI=1S/C19H23N3S/c1-2-3-7-13-10-11-17(23-13)18-14-8-5-4-6-9-16(14)22-19(21)15(18)12-20/h10-11H,2-9H2,1H3,(H2,21,22)/p+1. The fourth-order valence-corrected chi connectivity index (χ4v) is 4.52. The van der Waals surface area contributed by atoms with E-state index in [2.05, 4.69) is 30.1 Å². The Balaban J connectivity index is 2.11. The number of pyridine rings is 1. The van der Waals surface area contributed by atoms with Crippen LogP contribution in [0.3, 0.4) is 0 Å². The lowest BCUT2D eigenvalue weighted by Crippen LogP contribution is -2.21. The maximum absolute atomic E-state index is 9.64. The first-order valence-corrected chi connectivity index (χ1v) is 9.42. The van der Waals surface area contributed by atoms with Crippen LogP contribution in [0.4, 0.5) is 5.82 Å². The summed E-state index contributed by atoms with van der Waals surface area (Å²) in [6.07, 6.45) is 9.25. The summed E-state index contributed by atoms with van der Waals surface area (Å²) >= 11 is 1.82. The van der Waals surface area contributed by atoms with Crippen LogP contribution in [0.2, 0.25) is 0 Å². The molecular weight excluding hydrogens is 302 g/mol. The van der Waals surface area contributed by atoms with E-state index in [4.69, 9.17) is 5.73 Å². The van der Waals surface area contributed by atoms with Crippen LogP contribution in [0.25, 0.3) is 10.4 Å². The maximum atomic E-state index is 9.64. The van der Waals surface area contributed by atoms with Gasteiger partial charge in [-0.05, 0) is 44.2 Å². The zero-order chi connectivity index (χ0) is 16.2. The van der Waals surface area contributed by atoms with Gasteiger partial charge in [-0.15, -0.1) is 11.3 Å². The highest BCUT2D eigenvalue weighted by Crippen LogP contribution is 2.37. The number of thiophene rings is 1. The van der Waals surface area contributed by atoms with E-state index in [-0.39, 0.29) is 0 Å². The van der Waals surface area contributed by atoms with Gasteiger partial charge in [0.1, 0.15) is 17.3 Å². The number of aryl methyl sites for hydroxylation is 2. The highest BCUT2D eigenvalue weighted by molar-refractivity contribution is 7.15. The molecule has 120 valence electrons. The number of H-pyrrole nitrogens is 1.